The Bertz CT molecular complexity index is 1180. The molecule has 0 atom stereocenters. The molecule has 5 nitrogen and oxygen atoms in total. The third kappa shape index (κ3) is 4.41. The first-order valence-electron chi connectivity index (χ1n) is 8.84. The summed E-state index contributed by atoms with van der Waals surface area (Å²) in [6, 6.07) is 12.4. The second-order valence-electron chi connectivity index (χ2n) is 6.27. The predicted molar refractivity (Wildman–Crippen MR) is 107 cm³/mol. The van der Waals surface area contributed by atoms with Crippen LogP contribution in [-0.2, 0) is 11.3 Å². The summed E-state index contributed by atoms with van der Waals surface area (Å²) in [4.78, 5) is 22.6. The van der Waals surface area contributed by atoms with E-state index in [1.165, 1.54) is 29.2 Å². The van der Waals surface area contributed by atoms with Gasteiger partial charge in [0.1, 0.15) is 22.9 Å². The minimum Gasteiger partial charge on any atom is -0.484 e. The molecule has 0 saturated heterocycles. The zero-order valence-electron chi connectivity index (χ0n) is 15.4. The molecule has 0 spiro atoms. The molecule has 1 amide bonds. The lowest BCUT2D eigenvalue weighted by Crippen LogP contribution is -2.34. The Hall–Kier alpha value is -3.46. The number of thiazole rings is 1. The normalized spacial score (nSPS) is 10.9. The van der Waals surface area contributed by atoms with E-state index in [9.17, 15) is 18.0 Å². The Kier molecular flexibility index (Phi) is 5.62. The highest BCUT2D eigenvalue weighted by molar-refractivity contribution is 7.22. The molecule has 152 valence electrons. The highest BCUT2D eigenvalue weighted by Crippen LogP contribution is 2.32. The predicted octanol–water partition coefficient (Wildman–Crippen LogP) is 4.72. The van der Waals surface area contributed by atoms with Crippen LogP contribution in [0.2, 0.25) is 0 Å². The van der Waals surface area contributed by atoms with Crippen molar-refractivity contribution < 1.29 is 22.7 Å². The number of nitrogens with zero attached hydrogens (tertiary/aromatic N) is 3. The smallest absolute Gasteiger partial charge is 0.267 e. The van der Waals surface area contributed by atoms with Gasteiger partial charge in [0, 0.05) is 12.3 Å². The van der Waals surface area contributed by atoms with E-state index in [-0.39, 0.29) is 28.5 Å². The number of rotatable bonds is 6. The van der Waals surface area contributed by atoms with Gasteiger partial charge in [-0.2, -0.15) is 0 Å². The van der Waals surface area contributed by atoms with Gasteiger partial charge in [-0.1, -0.05) is 17.4 Å². The van der Waals surface area contributed by atoms with Gasteiger partial charge in [-0.05, 0) is 42.5 Å². The number of ether oxygens (including phenoxy) is 1. The number of halogens is 3. The lowest BCUT2D eigenvalue weighted by molar-refractivity contribution is -0.120. The average Bonchev–Trinajstić information content (AvgIpc) is 3.16. The first kappa shape index (κ1) is 19.8. The molecule has 0 saturated carbocycles. The van der Waals surface area contributed by atoms with Crippen molar-refractivity contribution in [3.05, 3.63) is 83.9 Å². The number of pyridine rings is 1. The minimum absolute atomic E-state index is 0.0188. The van der Waals surface area contributed by atoms with E-state index in [0.29, 0.717) is 11.4 Å². The zero-order valence-corrected chi connectivity index (χ0v) is 16.2. The Morgan fingerprint density at radius 3 is 2.57 bits per heavy atom. The molecule has 0 aliphatic rings. The van der Waals surface area contributed by atoms with Crippen molar-refractivity contribution in [2.24, 2.45) is 0 Å². The highest BCUT2D eigenvalue weighted by atomic mass is 32.1. The summed E-state index contributed by atoms with van der Waals surface area (Å²) >= 11 is 0.986. The number of aromatic nitrogens is 2. The van der Waals surface area contributed by atoms with Crippen molar-refractivity contribution in [2.45, 2.75) is 6.54 Å². The van der Waals surface area contributed by atoms with Gasteiger partial charge in [0.25, 0.3) is 5.91 Å². The third-order valence-corrected chi connectivity index (χ3v) is 5.18. The molecular weight excluding hydrogens is 415 g/mol. The molecule has 0 N–H and O–H groups in total. The molecule has 2 aromatic heterocycles. The fourth-order valence-corrected chi connectivity index (χ4v) is 3.75. The molecule has 2 heterocycles. The van der Waals surface area contributed by atoms with Crippen LogP contribution in [0.4, 0.5) is 18.3 Å². The monoisotopic (exact) mass is 429 g/mol. The van der Waals surface area contributed by atoms with E-state index in [0.717, 1.165) is 23.5 Å². The van der Waals surface area contributed by atoms with Crippen molar-refractivity contribution in [3.63, 3.8) is 0 Å². The van der Waals surface area contributed by atoms with Gasteiger partial charge < -0.3 is 4.74 Å². The molecule has 4 aromatic rings. The van der Waals surface area contributed by atoms with Gasteiger partial charge in [0.05, 0.1) is 16.9 Å². The lowest BCUT2D eigenvalue weighted by Gasteiger charge is -2.19. The van der Waals surface area contributed by atoms with Crippen molar-refractivity contribution in [1.82, 2.24) is 9.97 Å². The van der Waals surface area contributed by atoms with Crippen LogP contribution in [0.25, 0.3) is 10.2 Å². The van der Waals surface area contributed by atoms with E-state index in [1.54, 1.807) is 24.4 Å². The second-order valence-corrected chi connectivity index (χ2v) is 7.28. The van der Waals surface area contributed by atoms with Crippen molar-refractivity contribution in [3.8, 4) is 5.75 Å². The number of anilines is 1. The van der Waals surface area contributed by atoms with E-state index >= 15 is 0 Å². The fraction of sp³-hybridized carbons (Fsp3) is 0.0952. The Morgan fingerprint density at radius 2 is 1.83 bits per heavy atom. The van der Waals surface area contributed by atoms with Gasteiger partial charge >= 0.3 is 0 Å². The Balaban J connectivity index is 1.63. The van der Waals surface area contributed by atoms with E-state index < -0.39 is 23.4 Å². The maximum absolute atomic E-state index is 14.1. The molecule has 0 fully saturated rings. The van der Waals surface area contributed by atoms with Crippen LogP contribution < -0.4 is 9.64 Å². The molecule has 0 aliphatic heterocycles. The maximum atomic E-state index is 14.1. The van der Waals surface area contributed by atoms with Crippen LogP contribution in [0.15, 0.2) is 60.8 Å². The summed E-state index contributed by atoms with van der Waals surface area (Å²) < 4.78 is 46.4. The van der Waals surface area contributed by atoms with Gasteiger partial charge in [-0.25, -0.2) is 18.2 Å². The SMILES string of the molecule is O=C(COc1ccc(F)cc1)N(Cc1ccccn1)c1nc2c(F)cc(F)cc2s1. The average molecular weight is 429 g/mol. The van der Waals surface area contributed by atoms with Gasteiger partial charge in [0.15, 0.2) is 17.6 Å². The minimum atomic E-state index is -0.805. The molecule has 0 aliphatic carbocycles. The first-order chi connectivity index (χ1) is 14.5. The van der Waals surface area contributed by atoms with Crippen LogP contribution in [0.5, 0.6) is 5.75 Å². The molecule has 0 radical (unpaired) electrons. The Labute approximate surface area is 173 Å². The maximum Gasteiger partial charge on any atom is 0.267 e. The number of hydrogen-bond acceptors (Lipinski definition) is 5. The molecule has 4 rings (SSSR count). The summed E-state index contributed by atoms with van der Waals surface area (Å²) in [6.45, 7) is -0.290. The number of hydrogen-bond donors (Lipinski definition) is 0. The van der Waals surface area contributed by atoms with Gasteiger partial charge in [0.2, 0.25) is 0 Å². The largest absolute Gasteiger partial charge is 0.484 e. The number of amides is 1. The fourth-order valence-electron chi connectivity index (χ4n) is 2.73. The van der Waals surface area contributed by atoms with Crippen LogP contribution in [0.1, 0.15) is 5.69 Å². The summed E-state index contributed by atoms with van der Waals surface area (Å²) in [5.74, 6) is -2.10. The van der Waals surface area contributed by atoms with Gasteiger partial charge in [-0.15, -0.1) is 0 Å². The van der Waals surface area contributed by atoms with Crippen LogP contribution in [0.3, 0.4) is 0 Å². The molecule has 0 unspecified atom stereocenters. The first-order valence-corrected chi connectivity index (χ1v) is 9.65. The molecule has 9 heteroatoms. The van der Waals surface area contributed by atoms with E-state index in [4.69, 9.17) is 4.74 Å². The summed E-state index contributed by atoms with van der Waals surface area (Å²) in [5.41, 5.74) is 0.563. The standard InChI is InChI=1S/C21H14F3N3O2S/c22-13-4-6-16(7-5-13)29-12-19(28)27(11-15-3-1-2-8-25-15)21-26-20-17(24)9-14(23)10-18(20)30-21/h1-10H,11-12H2. The topological polar surface area (TPSA) is 55.3 Å². The van der Waals surface area contributed by atoms with Crippen LogP contribution in [0, 0.1) is 17.5 Å². The van der Waals surface area contributed by atoms with Crippen molar-refractivity contribution >= 4 is 32.6 Å². The lowest BCUT2D eigenvalue weighted by atomic mass is 10.3. The Morgan fingerprint density at radius 1 is 1.03 bits per heavy atom. The van der Waals surface area contributed by atoms with E-state index in [2.05, 4.69) is 9.97 Å². The number of fused-ring (bicyclic) bond motifs is 1. The molecule has 0 bridgehead atoms. The summed E-state index contributed by atoms with van der Waals surface area (Å²) in [5, 5.41) is 0.188. The molecular formula is C21H14F3N3O2S. The second kappa shape index (κ2) is 8.50. The third-order valence-electron chi connectivity index (χ3n) is 4.16. The number of carbonyl (C=O) groups is 1. The van der Waals surface area contributed by atoms with Gasteiger partial charge in [-0.3, -0.25) is 14.7 Å². The molecule has 2 aromatic carbocycles. The molecule has 30 heavy (non-hydrogen) atoms. The number of carbonyl (C=O) groups excluding carboxylic acids is 1. The van der Waals surface area contributed by atoms with Crippen molar-refractivity contribution in [1.29, 1.82) is 0 Å². The zero-order chi connectivity index (χ0) is 21.1. The highest BCUT2D eigenvalue weighted by Gasteiger charge is 2.22. The summed E-state index contributed by atoms with van der Waals surface area (Å²) in [7, 11) is 0. The summed E-state index contributed by atoms with van der Waals surface area (Å²) in [6.07, 6.45) is 1.58. The van der Waals surface area contributed by atoms with Crippen molar-refractivity contribution in [2.75, 3.05) is 11.5 Å². The van der Waals surface area contributed by atoms with E-state index in [1.807, 2.05) is 0 Å². The van der Waals surface area contributed by atoms with Crippen LogP contribution in [-0.4, -0.2) is 22.5 Å². The van der Waals surface area contributed by atoms with Crippen LogP contribution >= 0.6 is 11.3 Å². The number of benzene rings is 2. The quantitative estimate of drug-likeness (QED) is 0.445.